The summed E-state index contributed by atoms with van der Waals surface area (Å²) in [6.45, 7) is 4.72. The molecule has 0 saturated heterocycles. The van der Waals surface area contributed by atoms with Crippen LogP contribution >= 0.6 is 0 Å². The first-order chi connectivity index (χ1) is 8.86. The van der Waals surface area contributed by atoms with Crippen molar-refractivity contribution in [1.29, 1.82) is 0 Å². The molecule has 5 nitrogen and oxygen atoms in total. The van der Waals surface area contributed by atoms with Crippen molar-refractivity contribution in [3.05, 3.63) is 0 Å². The van der Waals surface area contributed by atoms with Crippen molar-refractivity contribution in [2.75, 3.05) is 34.2 Å². The van der Waals surface area contributed by atoms with Crippen molar-refractivity contribution in [1.82, 2.24) is 15.1 Å². The van der Waals surface area contributed by atoms with Crippen LogP contribution in [0.2, 0.25) is 0 Å². The first-order valence-electron chi connectivity index (χ1n) is 7.04. The molecule has 0 saturated carbocycles. The monoisotopic (exact) mass is 271 g/mol. The molecule has 0 heterocycles. The average molecular weight is 271 g/mol. The number of carbonyl (C=O) groups excluding carboxylic acids is 2. The van der Waals surface area contributed by atoms with Crippen molar-refractivity contribution in [3.8, 4) is 0 Å². The number of carbonyl (C=O) groups is 2. The van der Waals surface area contributed by atoms with Crippen LogP contribution in [-0.4, -0.2) is 61.9 Å². The Morgan fingerprint density at radius 2 is 1.74 bits per heavy atom. The first-order valence-corrected chi connectivity index (χ1v) is 7.04. The van der Waals surface area contributed by atoms with Crippen molar-refractivity contribution in [2.24, 2.45) is 0 Å². The van der Waals surface area contributed by atoms with E-state index in [4.69, 9.17) is 0 Å². The fourth-order valence-corrected chi connectivity index (χ4v) is 1.77. The molecule has 0 aliphatic carbocycles. The predicted octanol–water partition coefficient (Wildman–Crippen LogP) is 1.09. The van der Waals surface area contributed by atoms with Crippen LogP contribution in [-0.2, 0) is 9.59 Å². The Balaban J connectivity index is 3.86. The maximum absolute atomic E-state index is 11.8. The normalized spacial score (nSPS) is 12.3. The Kier molecular flexibility index (Phi) is 9.21. The van der Waals surface area contributed by atoms with E-state index in [1.165, 1.54) is 17.7 Å². The van der Waals surface area contributed by atoms with Gasteiger partial charge in [-0.2, -0.15) is 0 Å². The second-order valence-electron chi connectivity index (χ2n) is 5.42. The van der Waals surface area contributed by atoms with Crippen LogP contribution in [0.4, 0.5) is 0 Å². The van der Waals surface area contributed by atoms with Gasteiger partial charge >= 0.3 is 0 Å². The third-order valence-electron chi connectivity index (χ3n) is 2.97. The molecular formula is C14H29N3O2. The fourth-order valence-electron chi connectivity index (χ4n) is 1.77. The van der Waals surface area contributed by atoms with Gasteiger partial charge in [0, 0.05) is 20.1 Å². The maximum atomic E-state index is 11.8. The fraction of sp³-hybridized carbons (Fsp3) is 0.857. The van der Waals surface area contributed by atoms with Crippen molar-refractivity contribution in [3.63, 3.8) is 0 Å². The lowest BCUT2D eigenvalue weighted by atomic mass is 10.1. The van der Waals surface area contributed by atoms with E-state index < -0.39 is 0 Å². The van der Waals surface area contributed by atoms with Crippen LogP contribution in [0, 0.1) is 0 Å². The van der Waals surface area contributed by atoms with Gasteiger partial charge in [-0.1, -0.05) is 26.2 Å². The lowest BCUT2D eigenvalue weighted by molar-refractivity contribution is -0.130. The van der Waals surface area contributed by atoms with Gasteiger partial charge in [0.2, 0.25) is 11.8 Å². The lowest BCUT2D eigenvalue weighted by Gasteiger charge is -2.20. The van der Waals surface area contributed by atoms with Crippen LogP contribution in [0.5, 0.6) is 0 Å². The molecule has 0 rings (SSSR count). The molecule has 0 aliphatic rings. The number of amides is 2. The van der Waals surface area contributed by atoms with Crippen LogP contribution in [0.25, 0.3) is 0 Å². The predicted molar refractivity (Wildman–Crippen MR) is 77.9 cm³/mol. The molecule has 0 aromatic heterocycles. The average Bonchev–Trinajstić information content (AvgIpc) is 2.28. The molecule has 0 radical (unpaired) electrons. The second kappa shape index (κ2) is 9.78. The Hall–Kier alpha value is -1.10. The van der Waals surface area contributed by atoms with Crippen LogP contribution in [0.15, 0.2) is 0 Å². The van der Waals surface area contributed by atoms with Gasteiger partial charge in [0.05, 0.1) is 13.1 Å². The quantitative estimate of drug-likeness (QED) is 0.639. The minimum absolute atomic E-state index is 0.00583. The zero-order valence-electron chi connectivity index (χ0n) is 13.0. The highest BCUT2D eigenvalue weighted by Crippen LogP contribution is 2.02. The summed E-state index contributed by atoms with van der Waals surface area (Å²) in [7, 11) is 5.21. The van der Waals surface area contributed by atoms with Gasteiger partial charge in [0.15, 0.2) is 0 Å². The number of hydrogen-bond donors (Lipinski definition) is 1. The molecule has 0 aromatic rings. The van der Waals surface area contributed by atoms with Crippen LogP contribution in [0.1, 0.15) is 39.5 Å². The largest absolute Gasteiger partial charge is 0.353 e. The molecule has 112 valence electrons. The molecule has 1 unspecified atom stereocenters. The van der Waals surface area contributed by atoms with Crippen LogP contribution < -0.4 is 5.32 Å². The smallest absolute Gasteiger partial charge is 0.236 e. The number of hydrogen-bond acceptors (Lipinski definition) is 3. The number of unbranched alkanes of at least 4 members (excludes halogenated alkanes) is 2. The van der Waals surface area contributed by atoms with Crippen LogP contribution in [0.3, 0.4) is 0 Å². The molecule has 1 N–H and O–H groups in total. The van der Waals surface area contributed by atoms with Gasteiger partial charge in [-0.3, -0.25) is 14.5 Å². The molecule has 0 bridgehead atoms. The molecule has 0 spiro atoms. The third-order valence-corrected chi connectivity index (χ3v) is 2.97. The first kappa shape index (κ1) is 17.9. The number of nitrogens with one attached hydrogen (secondary N) is 1. The summed E-state index contributed by atoms with van der Waals surface area (Å²) in [6.07, 6.45) is 4.56. The highest BCUT2D eigenvalue weighted by molar-refractivity contribution is 5.81. The van der Waals surface area contributed by atoms with E-state index in [2.05, 4.69) is 12.2 Å². The number of nitrogens with zero attached hydrogens (tertiary/aromatic N) is 2. The van der Waals surface area contributed by atoms with Crippen molar-refractivity contribution < 1.29 is 9.59 Å². The maximum Gasteiger partial charge on any atom is 0.236 e. The molecule has 19 heavy (non-hydrogen) atoms. The van der Waals surface area contributed by atoms with E-state index in [9.17, 15) is 9.59 Å². The Morgan fingerprint density at radius 1 is 1.11 bits per heavy atom. The lowest BCUT2D eigenvalue weighted by Crippen LogP contribution is -2.42. The zero-order chi connectivity index (χ0) is 14.8. The van der Waals surface area contributed by atoms with Crippen molar-refractivity contribution >= 4 is 11.8 Å². The summed E-state index contributed by atoms with van der Waals surface area (Å²) < 4.78 is 0. The van der Waals surface area contributed by atoms with E-state index in [-0.39, 0.29) is 30.9 Å². The molecule has 1 atom stereocenters. The Labute approximate surface area is 117 Å². The minimum Gasteiger partial charge on any atom is -0.353 e. The molecule has 5 heteroatoms. The standard InChI is InChI=1S/C14H29N3O2/c1-6-7-8-9-12(2)15-13(18)10-17(5)11-14(19)16(3)4/h12H,6-11H2,1-5H3,(H,15,18). The SMILES string of the molecule is CCCCCC(C)NC(=O)CN(C)CC(=O)N(C)C. The molecule has 0 fully saturated rings. The summed E-state index contributed by atoms with van der Waals surface area (Å²) >= 11 is 0. The summed E-state index contributed by atoms with van der Waals surface area (Å²) in [5, 5.41) is 2.97. The van der Waals surface area contributed by atoms with Gasteiger partial charge < -0.3 is 10.2 Å². The highest BCUT2D eigenvalue weighted by atomic mass is 16.2. The summed E-state index contributed by atoms with van der Waals surface area (Å²) in [6, 6.07) is 0.206. The molecule has 0 aromatic carbocycles. The van der Waals surface area contributed by atoms with Crippen molar-refractivity contribution in [2.45, 2.75) is 45.6 Å². The third kappa shape index (κ3) is 9.47. The van der Waals surface area contributed by atoms with E-state index in [1.54, 1.807) is 26.0 Å². The van der Waals surface area contributed by atoms with Gasteiger partial charge in [0.25, 0.3) is 0 Å². The van der Waals surface area contributed by atoms with E-state index >= 15 is 0 Å². The zero-order valence-corrected chi connectivity index (χ0v) is 13.0. The number of rotatable bonds is 9. The molecule has 0 aliphatic heterocycles. The van der Waals surface area contributed by atoms with E-state index in [0.717, 1.165) is 12.8 Å². The van der Waals surface area contributed by atoms with Gasteiger partial charge in [-0.05, 0) is 20.4 Å². The highest BCUT2D eigenvalue weighted by Gasteiger charge is 2.13. The topological polar surface area (TPSA) is 52.7 Å². The molecule has 2 amide bonds. The van der Waals surface area contributed by atoms with Gasteiger partial charge in [-0.15, -0.1) is 0 Å². The van der Waals surface area contributed by atoms with Gasteiger partial charge in [0.1, 0.15) is 0 Å². The number of likely N-dealkylation sites (N-methyl/N-ethyl adjacent to an activating group) is 2. The van der Waals surface area contributed by atoms with E-state index in [0.29, 0.717) is 0 Å². The minimum atomic E-state index is -0.0157. The second-order valence-corrected chi connectivity index (χ2v) is 5.42. The summed E-state index contributed by atoms with van der Waals surface area (Å²) in [5.41, 5.74) is 0. The Morgan fingerprint density at radius 3 is 2.26 bits per heavy atom. The summed E-state index contributed by atoms with van der Waals surface area (Å²) in [4.78, 5) is 26.5. The Bertz CT molecular complexity index is 280. The van der Waals surface area contributed by atoms with Gasteiger partial charge in [-0.25, -0.2) is 0 Å². The molecular weight excluding hydrogens is 242 g/mol. The summed E-state index contributed by atoms with van der Waals surface area (Å²) in [5.74, 6) is -0.00986. The van der Waals surface area contributed by atoms with E-state index in [1.807, 2.05) is 6.92 Å².